The Morgan fingerprint density at radius 1 is 0.952 bits per heavy atom. The summed E-state index contributed by atoms with van der Waals surface area (Å²) in [5.74, 6) is 0. The van der Waals surface area contributed by atoms with Gasteiger partial charge >= 0.3 is 6.03 Å². The summed E-state index contributed by atoms with van der Waals surface area (Å²) in [6.07, 6.45) is 1.11. The molecule has 2 aromatic carbocycles. The molecule has 0 aromatic heterocycles. The monoisotopic (exact) mass is 283 g/mol. The van der Waals surface area contributed by atoms with E-state index in [2.05, 4.69) is 22.9 Å². The van der Waals surface area contributed by atoms with Crippen LogP contribution in [-0.2, 0) is 6.54 Å². The van der Waals surface area contributed by atoms with E-state index < -0.39 is 0 Å². The quantitative estimate of drug-likeness (QED) is 0.706. The van der Waals surface area contributed by atoms with E-state index in [0.29, 0.717) is 0 Å². The second-order valence-corrected chi connectivity index (χ2v) is 4.82. The molecule has 0 aliphatic rings. The van der Waals surface area contributed by atoms with Gasteiger partial charge in [-0.15, -0.1) is 0 Å². The highest BCUT2D eigenvalue weighted by Crippen LogP contribution is 2.12. The molecule has 0 heterocycles. The minimum absolute atomic E-state index is 0.236. The lowest BCUT2D eigenvalue weighted by Crippen LogP contribution is -2.19. The number of nitrogens with one attached hydrogen (secondary N) is 3. The molecule has 0 aliphatic heterocycles. The molecule has 0 bridgehead atoms. The number of para-hydroxylation sites is 1. The van der Waals surface area contributed by atoms with E-state index in [1.807, 2.05) is 54.6 Å². The van der Waals surface area contributed by atoms with Crippen LogP contribution >= 0.6 is 0 Å². The van der Waals surface area contributed by atoms with Gasteiger partial charge in [-0.3, -0.25) is 0 Å². The Bertz CT molecular complexity index is 569. The highest BCUT2D eigenvalue weighted by Gasteiger charge is 2.02. The van der Waals surface area contributed by atoms with Crippen molar-refractivity contribution in [1.29, 1.82) is 0 Å². The first-order valence-corrected chi connectivity index (χ1v) is 7.20. The van der Waals surface area contributed by atoms with Crippen molar-refractivity contribution < 1.29 is 4.79 Å². The minimum Gasteiger partial charge on any atom is -0.313 e. The van der Waals surface area contributed by atoms with Crippen LogP contribution in [0.3, 0.4) is 0 Å². The number of hydrogen-bond donors (Lipinski definition) is 3. The van der Waals surface area contributed by atoms with Crippen molar-refractivity contribution in [2.75, 3.05) is 17.2 Å². The molecule has 0 radical (unpaired) electrons. The summed E-state index contributed by atoms with van der Waals surface area (Å²) in [6.45, 7) is 3.94. The Kier molecular flexibility index (Phi) is 5.79. The fourth-order valence-corrected chi connectivity index (χ4v) is 1.98. The van der Waals surface area contributed by atoms with E-state index in [1.165, 1.54) is 0 Å². The van der Waals surface area contributed by atoms with Crippen molar-refractivity contribution in [2.45, 2.75) is 19.9 Å². The summed E-state index contributed by atoms with van der Waals surface area (Å²) < 4.78 is 0. The van der Waals surface area contributed by atoms with E-state index in [-0.39, 0.29) is 6.03 Å². The molecule has 2 aromatic rings. The van der Waals surface area contributed by atoms with Crippen molar-refractivity contribution in [3.05, 3.63) is 60.2 Å². The van der Waals surface area contributed by atoms with Crippen molar-refractivity contribution in [2.24, 2.45) is 0 Å². The molecule has 0 saturated carbocycles. The Labute approximate surface area is 125 Å². The SMILES string of the molecule is CCCNCc1cccc(NC(=O)Nc2ccccc2)c1. The molecule has 0 saturated heterocycles. The van der Waals surface area contributed by atoms with Crippen LogP contribution in [-0.4, -0.2) is 12.6 Å². The number of carbonyl (C=O) groups excluding carboxylic acids is 1. The Balaban J connectivity index is 1.90. The van der Waals surface area contributed by atoms with Gasteiger partial charge in [0, 0.05) is 17.9 Å². The van der Waals surface area contributed by atoms with Crippen molar-refractivity contribution >= 4 is 17.4 Å². The predicted octanol–water partition coefficient (Wildman–Crippen LogP) is 3.83. The maximum Gasteiger partial charge on any atom is 0.323 e. The normalized spacial score (nSPS) is 10.1. The van der Waals surface area contributed by atoms with Gasteiger partial charge in [-0.2, -0.15) is 0 Å². The summed E-state index contributed by atoms with van der Waals surface area (Å²) >= 11 is 0. The molecule has 2 amide bonds. The summed E-state index contributed by atoms with van der Waals surface area (Å²) in [5, 5.41) is 8.98. The van der Waals surface area contributed by atoms with Gasteiger partial charge in [0.15, 0.2) is 0 Å². The van der Waals surface area contributed by atoms with Crippen molar-refractivity contribution in [1.82, 2.24) is 5.32 Å². The molecule has 21 heavy (non-hydrogen) atoms. The summed E-state index contributed by atoms with van der Waals surface area (Å²) in [7, 11) is 0. The van der Waals surface area contributed by atoms with E-state index in [0.717, 1.165) is 36.4 Å². The van der Waals surface area contributed by atoms with Crippen LogP contribution in [0.5, 0.6) is 0 Å². The average Bonchev–Trinajstić information content (AvgIpc) is 2.49. The maximum absolute atomic E-state index is 11.9. The van der Waals surface area contributed by atoms with Crippen LogP contribution in [0.2, 0.25) is 0 Å². The third-order valence-corrected chi connectivity index (χ3v) is 2.97. The van der Waals surface area contributed by atoms with E-state index in [1.54, 1.807) is 0 Å². The highest BCUT2D eigenvalue weighted by molar-refractivity contribution is 5.99. The van der Waals surface area contributed by atoms with E-state index >= 15 is 0 Å². The van der Waals surface area contributed by atoms with Crippen LogP contribution in [0.25, 0.3) is 0 Å². The first kappa shape index (κ1) is 15.1. The fraction of sp³-hybridized carbons (Fsp3) is 0.235. The second-order valence-electron chi connectivity index (χ2n) is 4.82. The highest BCUT2D eigenvalue weighted by atomic mass is 16.2. The molecule has 0 aliphatic carbocycles. The molecule has 3 N–H and O–H groups in total. The Morgan fingerprint density at radius 2 is 1.67 bits per heavy atom. The van der Waals surface area contributed by atoms with Gasteiger partial charge < -0.3 is 16.0 Å². The minimum atomic E-state index is -0.236. The first-order valence-electron chi connectivity index (χ1n) is 7.20. The molecule has 4 nitrogen and oxygen atoms in total. The first-order chi connectivity index (χ1) is 10.3. The lowest BCUT2D eigenvalue weighted by atomic mass is 10.2. The molecule has 2 rings (SSSR count). The summed E-state index contributed by atoms with van der Waals surface area (Å²) in [4.78, 5) is 11.9. The zero-order valence-electron chi connectivity index (χ0n) is 12.2. The van der Waals surface area contributed by atoms with Gasteiger partial charge in [-0.1, -0.05) is 37.3 Å². The molecule has 4 heteroatoms. The summed E-state index contributed by atoms with van der Waals surface area (Å²) in [5.41, 5.74) is 2.72. The van der Waals surface area contributed by atoms with Gasteiger partial charge in [0.1, 0.15) is 0 Å². The average molecular weight is 283 g/mol. The molecule has 0 atom stereocenters. The van der Waals surface area contributed by atoms with Crippen LogP contribution in [0.1, 0.15) is 18.9 Å². The van der Waals surface area contributed by atoms with Gasteiger partial charge in [0.2, 0.25) is 0 Å². The van der Waals surface area contributed by atoms with Crippen molar-refractivity contribution in [3.8, 4) is 0 Å². The Hall–Kier alpha value is -2.33. The summed E-state index contributed by atoms with van der Waals surface area (Å²) in [6, 6.07) is 17.0. The zero-order valence-corrected chi connectivity index (χ0v) is 12.2. The number of carbonyl (C=O) groups is 1. The van der Waals surface area contributed by atoms with E-state index in [4.69, 9.17) is 0 Å². The van der Waals surface area contributed by atoms with Crippen LogP contribution in [0.15, 0.2) is 54.6 Å². The third kappa shape index (κ3) is 5.28. The van der Waals surface area contributed by atoms with Gasteiger partial charge in [-0.05, 0) is 42.8 Å². The standard InChI is InChI=1S/C17H21N3O/c1-2-11-18-13-14-7-6-10-16(12-14)20-17(21)19-15-8-4-3-5-9-15/h3-10,12,18H,2,11,13H2,1H3,(H2,19,20,21). The molecular weight excluding hydrogens is 262 g/mol. The smallest absolute Gasteiger partial charge is 0.313 e. The number of hydrogen-bond acceptors (Lipinski definition) is 2. The van der Waals surface area contributed by atoms with Gasteiger partial charge in [-0.25, -0.2) is 4.79 Å². The zero-order chi connectivity index (χ0) is 14.9. The van der Waals surface area contributed by atoms with Gasteiger partial charge in [0.05, 0.1) is 0 Å². The largest absolute Gasteiger partial charge is 0.323 e. The molecule has 0 spiro atoms. The van der Waals surface area contributed by atoms with E-state index in [9.17, 15) is 4.79 Å². The fourth-order valence-electron chi connectivity index (χ4n) is 1.98. The number of rotatable bonds is 6. The second kappa shape index (κ2) is 8.07. The van der Waals surface area contributed by atoms with Crippen LogP contribution < -0.4 is 16.0 Å². The molecule has 0 unspecified atom stereocenters. The lowest BCUT2D eigenvalue weighted by Gasteiger charge is -2.09. The topological polar surface area (TPSA) is 53.2 Å². The van der Waals surface area contributed by atoms with Gasteiger partial charge in [0.25, 0.3) is 0 Å². The molecular formula is C17H21N3O. The molecule has 110 valence electrons. The number of benzene rings is 2. The number of urea groups is 1. The Morgan fingerprint density at radius 3 is 2.43 bits per heavy atom. The van der Waals surface area contributed by atoms with Crippen molar-refractivity contribution in [3.63, 3.8) is 0 Å². The predicted molar refractivity (Wildman–Crippen MR) is 87.5 cm³/mol. The maximum atomic E-state index is 11.9. The lowest BCUT2D eigenvalue weighted by molar-refractivity contribution is 0.262. The van der Waals surface area contributed by atoms with Crippen LogP contribution in [0.4, 0.5) is 16.2 Å². The third-order valence-electron chi connectivity index (χ3n) is 2.97. The molecule has 0 fully saturated rings. The number of anilines is 2. The van der Waals surface area contributed by atoms with Crippen LogP contribution in [0, 0.1) is 0 Å². The number of amides is 2.